The first kappa shape index (κ1) is 11.2. The number of hydrogen-bond acceptors (Lipinski definition) is 3. The summed E-state index contributed by atoms with van der Waals surface area (Å²) in [6.07, 6.45) is 4.46. The van der Waals surface area contributed by atoms with Crippen molar-refractivity contribution in [1.82, 2.24) is 9.78 Å². The average molecular weight is 253 g/mol. The van der Waals surface area contributed by atoms with E-state index in [4.69, 9.17) is 11.6 Å². The van der Waals surface area contributed by atoms with Gasteiger partial charge in [0.1, 0.15) is 0 Å². The van der Waals surface area contributed by atoms with Gasteiger partial charge >= 0.3 is 0 Å². The molecular weight excluding hydrogens is 244 g/mol. The van der Waals surface area contributed by atoms with Crippen LogP contribution in [0.25, 0.3) is 0 Å². The summed E-state index contributed by atoms with van der Waals surface area (Å²) in [5.41, 5.74) is 0.598. The van der Waals surface area contributed by atoms with Gasteiger partial charge in [-0.1, -0.05) is 23.4 Å². The monoisotopic (exact) mass is 252 g/mol. The lowest BCUT2D eigenvalue weighted by molar-refractivity contribution is 0.112. The number of benzene rings is 1. The van der Waals surface area contributed by atoms with Crippen LogP contribution in [0.1, 0.15) is 10.4 Å². The third-order valence-electron chi connectivity index (χ3n) is 2.01. The smallest absolute Gasteiger partial charge is 0.151 e. The fourth-order valence-corrected chi connectivity index (χ4v) is 2.38. The zero-order valence-corrected chi connectivity index (χ0v) is 10.1. The molecule has 0 aliphatic rings. The number of halogens is 1. The molecule has 0 saturated heterocycles. The van der Waals surface area contributed by atoms with Gasteiger partial charge in [-0.25, -0.2) is 0 Å². The van der Waals surface area contributed by atoms with Crippen LogP contribution in [0.5, 0.6) is 0 Å². The topological polar surface area (TPSA) is 34.9 Å². The quantitative estimate of drug-likeness (QED) is 0.788. The van der Waals surface area contributed by atoms with Crippen LogP contribution >= 0.6 is 23.4 Å². The van der Waals surface area contributed by atoms with Gasteiger partial charge in [-0.15, -0.1) is 0 Å². The van der Waals surface area contributed by atoms with Gasteiger partial charge in [-0.2, -0.15) is 5.10 Å². The van der Waals surface area contributed by atoms with Crippen LogP contribution in [-0.4, -0.2) is 16.1 Å². The highest BCUT2D eigenvalue weighted by Gasteiger charge is 2.05. The van der Waals surface area contributed by atoms with E-state index >= 15 is 0 Å². The van der Waals surface area contributed by atoms with Gasteiger partial charge < -0.3 is 0 Å². The first-order valence-corrected chi connectivity index (χ1v) is 5.80. The van der Waals surface area contributed by atoms with Crippen LogP contribution in [0.3, 0.4) is 0 Å². The van der Waals surface area contributed by atoms with Crippen LogP contribution in [0.15, 0.2) is 40.4 Å². The predicted octanol–water partition coefficient (Wildman–Crippen LogP) is 3.04. The molecule has 0 radical (unpaired) electrons. The number of aromatic nitrogens is 2. The highest BCUT2D eigenvalue weighted by molar-refractivity contribution is 7.99. The Morgan fingerprint density at radius 2 is 2.31 bits per heavy atom. The first-order valence-electron chi connectivity index (χ1n) is 4.60. The summed E-state index contributed by atoms with van der Waals surface area (Å²) in [4.78, 5) is 12.8. The van der Waals surface area contributed by atoms with Crippen molar-refractivity contribution in [1.29, 1.82) is 0 Å². The van der Waals surface area contributed by atoms with E-state index in [0.717, 1.165) is 16.1 Å². The molecule has 0 saturated carbocycles. The zero-order valence-electron chi connectivity index (χ0n) is 8.55. The normalized spacial score (nSPS) is 10.4. The van der Waals surface area contributed by atoms with Gasteiger partial charge in [0.05, 0.1) is 11.1 Å². The Morgan fingerprint density at radius 1 is 1.50 bits per heavy atom. The summed E-state index contributed by atoms with van der Waals surface area (Å²) in [5.74, 6) is 0. The van der Waals surface area contributed by atoms with E-state index < -0.39 is 0 Å². The number of carbonyl (C=O) groups is 1. The summed E-state index contributed by atoms with van der Waals surface area (Å²) in [5, 5.41) is 4.63. The minimum atomic E-state index is 0.567. The van der Waals surface area contributed by atoms with E-state index in [0.29, 0.717) is 10.6 Å². The van der Waals surface area contributed by atoms with Gasteiger partial charge in [0.15, 0.2) is 6.29 Å². The summed E-state index contributed by atoms with van der Waals surface area (Å²) in [6, 6.07) is 5.27. The molecule has 0 N–H and O–H groups in total. The fourth-order valence-electron chi connectivity index (χ4n) is 1.28. The molecule has 0 unspecified atom stereocenters. The molecule has 0 amide bonds. The second-order valence-corrected chi connectivity index (χ2v) is 4.80. The summed E-state index contributed by atoms with van der Waals surface area (Å²) in [6.45, 7) is 0. The van der Waals surface area contributed by atoms with E-state index in [1.807, 2.05) is 19.3 Å². The summed E-state index contributed by atoms with van der Waals surface area (Å²) < 4.78 is 1.72. The molecule has 0 fully saturated rings. The van der Waals surface area contributed by atoms with Crippen molar-refractivity contribution in [3.8, 4) is 0 Å². The van der Waals surface area contributed by atoms with Gasteiger partial charge in [-0.3, -0.25) is 9.48 Å². The van der Waals surface area contributed by atoms with E-state index in [1.165, 1.54) is 11.8 Å². The summed E-state index contributed by atoms with van der Waals surface area (Å²) in [7, 11) is 1.85. The maximum atomic E-state index is 10.9. The maximum absolute atomic E-state index is 10.9. The van der Waals surface area contributed by atoms with Gasteiger partial charge in [0.25, 0.3) is 0 Å². The Kier molecular flexibility index (Phi) is 3.31. The van der Waals surface area contributed by atoms with Gasteiger partial charge in [0, 0.05) is 28.7 Å². The van der Waals surface area contributed by atoms with Crippen LogP contribution in [0.4, 0.5) is 0 Å². The number of rotatable bonds is 3. The molecule has 5 heteroatoms. The zero-order chi connectivity index (χ0) is 11.5. The molecule has 82 valence electrons. The molecular formula is C11H9ClN2OS. The Hall–Kier alpha value is -1.26. The third-order valence-corrected chi connectivity index (χ3v) is 3.28. The fraction of sp³-hybridized carbons (Fsp3) is 0.0909. The number of aldehydes is 1. The Labute approximate surface area is 102 Å². The van der Waals surface area contributed by atoms with Gasteiger partial charge in [0.2, 0.25) is 0 Å². The van der Waals surface area contributed by atoms with Crippen LogP contribution in [-0.2, 0) is 7.05 Å². The number of hydrogen-bond donors (Lipinski definition) is 0. The lowest BCUT2D eigenvalue weighted by Crippen LogP contribution is -1.85. The number of aryl methyl sites for hydroxylation is 1. The molecule has 2 rings (SSSR count). The molecule has 0 spiro atoms. The molecule has 2 aromatic rings. The van der Waals surface area contributed by atoms with Crippen molar-refractivity contribution >= 4 is 29.6 Å². The SMILES string of the molecule is Cn1cc(Sc2ccc(Cl)cc2C=O)cn1. The molecule has 0 bridgehead atoms. The predicted molar refractivity (Wildman–Crippen MR) is 64.2 cm³/mol. The highest BCUT2D eigenvalue weighted by Crippen LogP contribution is 2.30. The Bertz CT molecular complexity index is 524. The Balaban J connectivity index is 2.30. The minimum absolute atomic E-state index is 0.567. The lowest BCUT2D eigenvalue weighted by Gasteiger charge is -2.02. The van der Waals surface area contributed by atoms with Crippen LogP contribution in [0.2, 0.25) is 5.02 Å². The van der Waals surface area contributed by atoms with E-state index in [9.17, 15) is 4.79 Å². The highest BCUT2D eigenvalue weighted by atomic mass is 35.5. The number of nitrogens with zero attached hydrogens (tertiary/aromatic N) is 2. The molecule has 1 aromatic carbocycles. The van der Waals surface area contributed by atoms with E-state index in [1.54, 1.807) is 23.0 Å². The minimum Gasteiger partial charge on any atom is -0.298 e. The summed E-state index contributed by atoms with van der Waals surface area (Å²) >= 11 is 7.31. The molecule has 0 aliphatic carbocycles. The second kappa shape index (κ2) is 4.72. The van der Waals surface area contributed by atoms with Crippen molar-refractivity contribution in [2.45, 2.75) is 9.79 Å². The van der Waals surface area contributed by atoms with Crippen molar-refractivity contribution in [2.75, 3.05) is 0 Å². The van der Waals surface area contributed by atoms with Crippen molar-refractivity contribution < 1.29 is 4.79 Å². The molecule has 3 nitrogen and oxygen atoms in total. The van der Waals surface area contributed by atoms with Crippen LogP contribution in [0, 0.1) is 0 Å². The first-order chi connectivity index (χ1) is 7.69. The average Bonchev–Trinajstić information content (AvgIpc) is 2.67. The number of carbonyl (C=O) groups excluding carboxylic acids is 1. The lowest BCUT2D eigenvalue weighted by atomic mass is 10.2. The molecule has 16 heavy (non-hydrogen) atoms. The molecule has 0 atom stereocenters. The standard InChI is InChI=1S/C11H9ClN2OS/c1-14-6-10(5-13-14)16-11-3-2-9(12)4-8(11)7-15/h2-7H,1H3. The van der Waals surface area contributed by atoms with Crippen molar-refractivity contribution in [3.05, 3.63) is 41.2 Å². The van der Waals surface area contributed by atoms with Crippen molar-refractivity contribution in [3.63, 3.8) is 0 Å². The third kappa shape index (κ3) is 2.46. The van der Waals surface area contributed by atoms with Crippen LogP contribution < -0.4 is 0 Å². The largest absolute Gasteiger partial charge is 0.298 e. The maximum Gasteiger partial charge on any atom is 0.151 e. The second-order valence-electron chi connectivity index (χ2n) is 3.25. The van der Waals surface area contributed by atoms with E-state index in [2.05, 4.69) is 5.10 Å². The van der Waals surface area contributed by atoms with Crippen molar-refractivity contribution in [2.24, 2.45) is 7.05 Å². The molecule has 0 aliphatic heterocycles. The van der Waals surface area contributed by atoms with E-state index in [-0.39, 0.29) is 0 Å². The van der Waals surface area contributed by atoms with Gasteiger partial charge in [-0.05, 0) is 18.2 Å². The Morgan fingerprint density at radius 3 is 2.94 bits per heavy atom. The molecule has 1 aromatic heterocycles. The molecule has 1 heterocycles.